The third kappa shape index (κ3) is 8.64. The van der Waals surface area contributed by atoms with Gasteiger partial charge in [0, 0.05) is 0 Å². The second-order valence-electron chi connectivity index (χ2n) is 3.85. The van der Waals surface area contributed by atoms with Gasteiger partial charge in [-0.15, -0.1) is 0 Å². The van der Waals surface area contributed by atoms with Gasteiger partial charge in [-0.25, -0.2) is 0 Å². The largest absolute Gasteiger partial charge is 0.368 e. The van der Waals surface area contributed by atoms with Crippen LogP contribution in [0.25, 0.3) is 0 Å². The molecule has 0 radical (unpaired) electrons. The van der Waals surface area contributed by atoms with Gasteiger partial charge in [0.1, 0.15) is 0 Å². The lowest BCUT2D eigenvalue weighted by molar-refractivity contribution is -0.124. The first-order valence-corrected chi connectivity index (χ1v) is 7.95. The van der Waals surface area contributed by atoms with Crippen molar-refractivity contribution in [3.8, 4) is 0 Å². The van der Waals surface area contributed by atoms with E-state index in [0.717, 1.165) is 0 Å². The SMILES string of the molecule is CC(SSC(C)C(=O)NCC(N)=O)C(=O)NCC(N)=O. The Balaban J connectivity index is 4.00. The van der Waals surface area contributed by atoms with Gasteiger partial charge in [-0.05, 0) is 13.8 Å². The van der Waals surface area contributed by atoms with Gasteiger partial charge in [-0.2, -0.15) is 0 Å². The fraction of sp³-hybridized carbons (Fsp3) is 0.600. The van der Waals surface area contributed by atoms with Crippen molar-refractivity contribution in [1.82, 2.24) is 10.6 Å². The Bertz CT molecular complexity index is 355. The number of primary amides is 2. The lowest BCUT2D eigenvalue weighted by atomic mass is 10.4. The van der Waals surface area contributed by atoms with Crippen LogP contribution in [0.1, 0.15) is 13.8 Å². The van der Waals surface area contributed by atoms with Crippen LogP contribution in [0.2, 0.25) is 0 Å². The first-order valence-electron chi connectivity index (χ1n) is 5.68. The summed E-state index contributed by atoms with van der Waals surface area (Å²) in [7, 11) is 2.36. The number of rotatable bonds is 9. The minimum atomic E-state index is -0.623. The third-order valence-electron chi connectivity index (χ3n) is 1.96. The van der Waals surface area contributed by atoms with E-state index in [1.54, 1.807) is 13.8 Å². The van der Waals surface area contributed by atoms with E-state index in [1.165, 1.54) is 21.6 Å². The van der Waals surface area contributed by atoms with Crippen LogP contribution < -0.4 is 22.1 Å². The summed E-state index contributed by atoms with van der Waals surface area (Å²) in [5.41, 5.74) is 9.81. The van der Waals surface area contributed by atoms with Gasteiger partial charge in [0.15, 0.2) is 0 Å². The standard InChI is InChI=1S/C10H18N4O4S2/c1-5(9(17)13-3-7(11)15)19-20-6(2)10(18)14-4-8(12)16/h5-6H,3-4H2,1-2H3,(H2,11,15)(H2,12,16)(H,13,17)(H,14,18). The number of carbonyl (C=O) groups excluding carboxylic acids is 4. The fourth-order valence-electron chi connectivity index (χ4n) is 0.890. The van der Waals surface area contributed by atoms with Crippen molar-refractivity contribution in [2.45, 2.75) is 24.3 Å². The Morgan fingerprint density at radius 1 is 0.850 bits per heavy atom. The van der Waals surface area contributed by atoms with Gasteiger partial charge in [0.05, 0.1) is 23.6 Å². The number of nitrogens with two attached hydrogens (primary N) is 2. The highest BCUT2D eigenvalue weighted by Crippen LogP contribution is 2.31. The maximum Gasteiger partial charge on any atom is 0.236 e. The fourth-order valence-corrected chi connectivity index (χ4v) is 3.09. The smallest absolute Gasteiger partial charge is 0.236 e. The van der Waals surface area contributed by atoms with E-state index < -0.39 is 22.3 Å². The summed E-state index contributed by atoms with van der Waals surface area (Å²) in [4.78, 5) is 44.1. The van der Waals surface area contributed by atoms with Gasteiger partial charge < -0.3 is 22.1 Å². The Morgan fingerprint density at radius 2 is 1.15 bits per heavy atom. The van der Waals surface area contributed by atoms with E-state index in [-0.39, 0.29) is 24.9 Å². The summed E-state index contributed by atoms with van der Waals surface area (Å²) in [6.45, 7) is 2.84. The summed E-state index contributed by atoms with van der Waals surface area (Å²) >= 11 is 0. The number of hydrogen-bond donors (Lipinski definition) is 4. The van der Waals surface area contributed by atoms with Crippen molar-refractivity contribution < 1.29 is 19.2 Å². The average molecular weight is 322 g/mol. The van der Waals surface area contributed by atoms with Gasteiger partial charge in [0.2, 0.25) is 23.6 Å². The first kappa shape index (κ1) is 18.6. The minimum absolute atomic E-state index is 0.219. The lowest BCUT2D eigenvalue weighted by Crippen LogP contribution is -2.38. The zero-order valence-corrected chi connectivity index (χ0v) is 12.8. The predicted octanol–water partition coefficient (Wildman–Crippen LogP) is -1.65. The molecule has 8 nitrogen and oxygen atoms in total. The number of hydrogen-bond acceptors (Lipinski definition) is 6. The van der Waals surface area contributed by atoms with Crippen LogP contribution in [-0.2, 0) is 19.2 Å². The average Bonchev–Trinajstić information content (AvgIpc) is 2.38. The molecule has 20 heavy (non-hydrogen) atoms. The molecule has 0 aromatic rings. The minimum Gasteiger partial charge on any atom is -0.368 e. The molecule has 0 aromatic carbocycles. The molecule has 2 atom stereocenters. The molecule has 2 unspecified atom stereocenters. The third-order valence-corrected chi connectivity index (χ3v) is 5.14. The second kappa shape index (κ2) is 9.48. The number of carbonyl (C=O) groups is 4. The molecule has 0 aliphatic heterocycles. The molecule has 0 fully saturated rings. The van der Waals surface area contributed by atoms with Gasteiger partial charge >= 0.3 is 0 Å². The summed E-state index contributed by atoms with van der Waals surface area (Å²) in [6, 6.07) is 0. The Morgan fingerprint density at radius 3 is 1.40 bits per heavy atom. The van der Waals surface area contributed by atoms with Crippen LogP contribution in [-0.4, -0.2) is 47.2 Å². The zero-order valence-electron chi connectivity index (χ0n) is 11.2. The second-order valence-corrected chi connectivity index (χ2v) is 6.80. The summed E-state index contributed by atoms with van der Waals surface area (Å²) in [5.74, 6) is -1.93. The quantitative estimate of drug-likeness (QED) is 0.374. The van der Waals surface area contributed by atoms with Crippen LogP contribution in [0, 0.1) is 0 Å². The highest BCUT2D eigenvalue weighted by Gasteiger charge is 2.19. The summed E-state index contributed by atoms with van der Waals surface area (Å²) in [6.07, 6.45) is 0. The number of amides is 4. The van der Waals surface area contributed by atoms with E-state index in [2.05, 4.69) is 10.6 Å². The molecular weight excluding hydrogens is 304 g/mol. The Hall–Kier alpha value is -1.42. The lowest BCUT2D eigenvalue weighted by Gasteiger charge is -2.14. The highest BCUT2D eigenvalue weighted by molar-refractivity contribution is 8.77. The monoisotopic (exact) mass is 322 g/mol. The van der Waals surface area contributed by atoms with Crippen molar-refractivity contribution >= 4 is 45.2 Å². The van der Waals surface area contributed by atoms with Crippen LogP contribution in [0.15, 0.2) is 0 Å². The van der Waals surface area contributed by atoms with Gasteiger partial charge in [-0.1, -0.05) is 21.6 Å². The molecule has 0 aliphatic rings. The summed E-state index contributed by atoms with van der Waals surface area (Å²) < 4.78 is 0. The van der Waals surface area contributed by atoms with Crippen molar-refractivity contribution in [3.05, 3.63) is 0 Å². The Labute approximate surface area is 124 Å². The van der Waals surface area contributed by atoms with E-state index in [0.29, 0.717) is 0 Å². The van der Waals surface area contributed by atoms with Crippen LogP contribution in [0.5, 0.6) is 0 Å². The highest BCUT2D eigenvalue weighted by atomic mass is 33.1. The first-order chi connectivity index (χ1) is 9.23. The molecule has 10 heteroatoms. The van der Waals surface area contributed by atoms with E-state index in [4.69, 9.17) is 11.5 Å². The Kier molecular flexibility index (Phi) is 8.81. The molecule has 0 rings (SSSR count). The molecule has 0 aromatic heterocycles. The maximum atomic E-state index is 11.5. The van der Waals surface area contributed by atoms with Gasteiger partial charge in [-0.3, -0.25) is 19.2 Å². The molecule has 0 heterocycles. The van der Waals surface area contributed by atoms with Crippen LogP contribution in [0.4, 0.5) is 0 Å². The summed E-state index contributed by atoms with van der Waals surface area (Å²) in [5, 5.41) is 3.83. The zero-order chi connectivity index (χ0) is 15.7. The maximum absolute atomic E-state index is 11.5. The molecule has 0 saturated heterocycles. The van der Waals surface area contributed by atoms with Crippen molar-refractivity contribution in [1.29, 1.82) is 0 Å². The molecular formula is C10H18N4O4S2. The molecule has 114 valence electrons. The van der Waals surface area contributed by atoms with E-state index >= 15 is 0 Å². The van der Waals surface area contributed by atoms with E-state index in [1.807, 2.05) is 0 Å². The normalized spacial score (nSPS) is 13.1. The molecule has 0 bridgehead atoms. The van der Waals surface area contributed by atoms with Gasteiger partial charge in [0.25, 0.3) is 0 Å². The molecule has 0 saturated carbocycles. The molecule has 4 amide bonds. The molecule has 0 spiro atoms. The van der Waals surface area contributed by atoms with Crippen molar-refractivity contribution in [2.24, 2.45) is 11.5 Å². The molecule has 0 aliphatic carbocycles. The van der Waals surface area contributed by atoms with Crippen molar-refractivity contribution in [3.63, 3.8) is 0 Å². The van der Waals surface area contributed by atoms with Crippen molar-refractivity contribution in [2.75, 3.05) is 13.1 Å². The van der Waals surface area contributed by atoms with E-state index in [9.17, 15) is 19.2 Å². The molecule has 6 N–H and O–H groups in total. The van der Waals surface area contributed by atoms with Crippen LogP contribution in [0.3, 0.4) is 0 Å². The predicted molar refractivity (Wildman–Crippen MR) is 78.5 cm³/mol. The topological polar surface area (TPSA) is 144 Å². The van der Waals surface area contributed by atoms with Crippen LogP contribution >= 0.6 is 21.6 Å². The number of nitrogens with one attached hydrogen (secondary N) is 2.